The zero-order valence-corrected chi connectivity index (χ0v) is 9.46. The molecule has 2 rings (SSSR count). The van der Waals surface area contributed by atoms with Crippen LogP contribution in [0.4, 0.5) is 13.2 Å². The van der Waals surface area contributed by atoms with Crippen LogP contribution in [0.5, 0.6) is 0 Å². The van der Waals surface area contributed by atoms with Gasteiger partial charge in [-0.25, -0.2) is 0 Å². The van der Waals surface area contributed by atoms with Gasteiger partial charge in [0.2, 0.25) is 0 Å². The normalized spacial score (nSPS) is 26.1. The topological polar surface area (TPSA) is 25.2 Å². The van der Waals surface area contributed by atoms with Crippen LogP contribution in [0, 0.1) is 5.92 Å². The molecule has 0 aliphatic heterocycles. The van der Waals surface area contributed by atoms with Crippen LogP contribution >= 0.6 is 0 Å². The average molecular weight is 247 g/mol. The zero-order valence-electron chi connectivity index (χ0n) is 9.46. The summed E-state index contributed by atoms with van der Waals surface area (Å²) in [6, 6.07) is 3.54. The second kappa shape index (κ2) is 5.12. The summed E-state index contributed by atoms with van der Waals surface area (Å²) in [6.07, 6.45) is -0.582. The van der Waals surface area contributed by atoms with E-state index in [9.17, 15) is 13.2 Å². The number of halogens is 3. The first-order valence-electron chi connectivity index (χ1n) is 5.88. The summed E-state index contributed by atoms with van der Waals surface area (Å²) >= 11 is 0. The lowest BCUT2D eigenvalue weighted by molar-refractivity contribution is -0.183. The second-order valence-electron chi connectivity index (χ2n) is 4.56. The Morgan fingerprint density at radius 1 is 1.35 bits per heavy atom. The van der Waals surface area contributed by atoms with Gasteiger partial charge in [0, 0.05) is 6.04 Å². The molecule has 1 aliphatic rings. The van der Waals surface area contributed by atoms with Crippen molar-refractivity contribution in [1.82, 2.24) is 5.32 Å². The lowest BCUT2D eigenvalue weighted by Crippen LogP contribution is -2.38. The van der Waals surface area contributed by atoms with E-state index >= 15 is 0 Å². The number of rotatable bonds is 3. The van der Waals surface area contributed by atoms with Crippen molar-refractivity contribution in [1.29, 1.82) is 0 Å². The van der Waals surface area contributed by atoms with Crippen molar-refractivity contribution in [2.75, 3.05) is 0 Å². The third-order valence-electron chi connectivity index (χ3n) is 3.28. The molecular weight excluding hydrogens is 231 g/mol. The third-order valence-corrected chi connectivity index (χ3v) is 3.28. The van der Waals surface area contributed by atoms with Gasteiger partial charge >= 0.3 is 6.18 Å². The number of nitrogens with one attached hydrogen (secondary N) is 1. The van der Waals surface area contributed by atoms with Crippen LogP contribution in [-0.2, 0) is 6.54 Å². The van der Waals surface area contributed by atoms with E-state index in [-0.39, 0.29) is 18.9 Å². The van der Waals surface area contributed by atoms with E-state index in [0.717, 1.165) is 12.2 Å². The number of hydrogen-bond donors (Lipinski definition) is 1. The van der Waals surface area contributed by atoms with Gasteiger partial charge in [0.05, 0.1) is 18.7 Å². The molecule has 1 aromatic heterocycles. The highest BCUT2D eigenvalue weighted by molar-refractivity contribution is 4.98. The Balaban J connectivity index is 1.81. The first-order chi connectivity index (χ1) is 8.05. The lowest BCUT2D eigenvalue weighted by atomic mass is 9.85. The van der Waals surface area contributed by atoms with Gasteiger partial charge in [-0.15, -0.1) is 0 Å². The summed E-state index contributed by atoms with van der Waals surface area (Å²) < 4.78 is 42.9. The molecule has 2 unspecified atom stereocenters. The molecule has 0 spiro atoms. The molecule has 96 valence electrons. The zero-order chi connectivity index (χ0) is 12.3. The number of hydrogen-bond acceptors (Lipinski definition) is 2. The fourth-order valence-electron chi connectivity index (χ4n) is 2.33. The van der Waals surface area contributed by atoms with Gasteiger partial charge in [0.25, 0.3) is 0 Å². The smallest absolute Gasteiger partial charge is 0.391 e. The Morgan fingerprint density at radius 3 is 2.82 bits per heavy atom. The quantitative estimate of drug-likeness (QED) is 0.884. The third kappa shape index (κ3) is 3.49. The standard InChI is InChI=1S/C12H16F3NO/c13-12(14,15)9-3-1-4-10(7-9)16-8-11-5-2-6-17-11/h2,5-6,9-10,16H,1,3-4,7-8H2. The molecule has 0 bridgehead atoms. The van der Waals surface area contributed by atoms with Crippen molar-refractivity contribution in [3.63, 3.8) is 0 Å². The van der Waals surface area contributed by atoms with E-state index in [0.29, 0.717) is 13.0 Å². The maximum atomic E-state index is 12.6. The molecule has 1 saturated carbocycles. The fourth-order valence-corrected chi connectivity index (χ4v) is 2.33. The predicted molar refractivity (Wildman–Crippen MR) is 57.3 cm³/mol. The first-order valence-corrected chi connectivity index (χ1v) is 5.88. The predicted octanol–water partition coefficient (Wildman–Crippen LogP) is 3.49. The maximum Gasteiger partial charge on any atom is 0.391 e. The van der Waals surface area contributed by atoms with Crippen LogP contribution < -0.4 is 5.32 Å². The lowest BCUT2D eigenvalue weighted by Gasteiger charge is -2.30. The Labute approximate surface area is 98.2 Å². The Bertz CT molecular complexity index is 334. The van der Waals surface area contributed by atoms with Gasteiger partial charge in [-0.2, -0.15) is 13.2 Å². The summed E-state index contributed by atoms with van der Waals surface area (Å²) in [5, 5.41) is 3.13. The van der Waals surface area contributed by atoms with E-state index < -0.39 is 12.1 Å². The molecule has 2 atom stereocenters. The molecule has 17 heavy (non-hydrogen) atoms. The molecule has 5 heteroatoms. The molecule has 0 aromatic carbocycles. The number of alkyl halides is 3. The largest absolute Gasteiger partial charge is 0.468 e. The minimum Gasteiger partial charge on any atom is -0.468 e. The molecule has 1 heterocycles. The van der Waals surface area contributed by atoms with E-state index in [1.54, 1.807) is 12.3 Å². The molecule has 0 saturated heterocycles. The van der Waals surface area contributed by atoms with Gasteiger partial charge < -0.3 is 9.73 Å². The van der Waals surface area contributed by atoms with E-state index in [1.165, 1.54) is 0 Å². The van der Waals surface area contributed by atoms with E-state index in [4.69, 9.17) is 4.42 Å². The van der Waals surface area contributed by atoms with Crippen molar-refractivity contribution in [2.24, 2.45) is 5.92 Å². The molecular formula is C12H16F3NO. The van der Waals surface area contributed by atoms with Crippen LogP contribution in [0.15, 0.2) is 22.8 Å². The summed E-state index contributed by atoms with van der Waals surface area (Å²) in [5.74, 6) is -0.385. The van der Waals surface area contributed by atoms with Gasteiger partial charge in [0.1, 0.15) is 5.76 Å². The summed E-state index contributed by atoms with van der Waals surface area (Å²) in [7, 11) is 0. The van der Waals surface area contributed by atoms with Crippen molar-refractivity contribution in [3.05, 3.63) is 24.2 Å². The molecule has 1 aromatic rings. The van der Waals surface area contributed by atoms with E-state index in [2.05, 4.69) is 5.32 Å². The molecule has 0 radical (unpaired) electrons. The van der Waals surface area contributed by atoms with E-state index in [1.807, 2.05) is 6.07 Å². The van der Waals surface area contributed by atoms with Crippen molar-refractivity contribution in [3.8, 4) is 0 Å². The van der Waals surface area contributed by atoms with Crippen LogP contribution in [0.3, 0.4) is 0 Å². The Morgan fingerprint density at radius 2 is 2.18 bits per heavy atom. The molecule has 0 amide bonds. The molecule has 1 N–H and O–H groups in total. The molecule has 1 fully saturated rings. The fraction of sp³-hybridized carbons (Fsp3) is 0.667. The average Bonchev–Trinajstić information content (AvgIpc) is 2.78. The molecule has 1 aliphatic carbocycles. The van der Waals surface area contributed by atoms with Gasteiger partial charge in [0.15, 0.2) is 0 Å². The maximum absolute atomic E-state index is 12.6. The van der Waals surface area contributed by atoms with Crippen molar-refractivity contribution in [2.45, 2.75) is 44.4 Å². The highest BCUT2D eigenvalue weighted by atomic mass is 19.4. The summed E-state index contributed by atoms with van der Waals surface area (Å²) in [6.45, 7) is 0.502. The molecule has 2 nitrogen and oxygen atoms in total. The van der Waals surface area contributed by atoms with Crippen LogP contribution in [0.1, 0.15) is 31.4 Å². The van der Waals surface area contributed by atoms with Crippen molar-refractivity contribution < 1.29 is 17.6 Å². The highest BCUT2D eigenvalue weighted by Crippen LogP contribution is 2.37. The van der Waals surface area contributed by atoms with Crippen LogP contribution in [-0.4, -0.2) is 12.2 Å². The van der Waals surface area contributed by atoms with Gasteiger partial charge in [-0.1, -0.05) is 6.42 Å². The Kier molecular flexibility index (Phi) is 3.76. The SMILES string of the molecule is FC(F)(F)C1CCCC(NCc2ccco2)C1. The van der Waals surface area contributed by atoms with Crippen LogP contribution in [0.25, 0.3) is 0 Å². The number of furan rings is 1. The van der Waals surface area contributed by atoms with Crippen LogP contribution in [0.2, 0.25) is 0 Å². The van der Waals surface area contributed by atoms with Crippen molar-refractivity contribution >= 4 is 0 Å². The summed E-state index contributed by atoms with van der Waals surface area (Å²) in [5.41, 5.74) is 0. The Hall–Kier alpha value is -0.970. The highest BCUT2D eigenvalue weighted by Gasteiger charge is 2.41. The second-order valence-corrected chi connectivity index (χ2v) is 4.56. The minimum absolute atomic E-state index is 0.0551. The monoisotopic (exact) mass is 247 g/mol. The first kappa shape index (κ1) is 12.5. The summed E-state index contributed by atoms with van der Waals surface area (Å²) in [4.78, 5) is 0. The minimum atomic E-state index is -4.05. The van der Waals surface area contributed by atoms with Gasteiger partial charge in [-0.3, -0.25) is 0 Å². The van der Waals surface area contributed by atoms with Gasteiger partial charge in [-0.05, 0) is 31.4 Å².